The normalized spacial score (nSPS) is 16.1. The first kappa shape index (κ1) is 12.8. The Kier molecular flexibility index (Phi) is 3.26. The Labute approximate surface area is 109 Å². The van der Waals surface area contributed by atoms with Crippen molar-refractivity contribution in [3.8, 4) is 0 Å². The van der Waals surface area contributed by atoms with Gasteiger partial charge in [-0.25, -0.2) is 0 Å². The topological polar surface area (TPSA) is 72.2 Å². The third-order valence-corrected chi connectivity index (χ3v) is 3.60. The van der Waals surface area contributed by atoms with Gasteiger partial charge in [0.25, 0.3) is 11.6 Å². The monoisotopic (exact) mass is 268 g/mol. The molecule has 1 fully saturated rings. The Morgan fingerprint density at radius 3 is 2.78 bits per heavy atom. The van der Waals surface area contributed by atoms with Crippen LogP contribution >= 0.6 is 11.6 Å². The first-order chi connectivity index (χ1) is 8.43. The van der Waals surface area contributed by atoms with Crippen molar-refractivity contribution in [2.45, 2.75) is 19.8 Å². The molecule has 1 saturated carbocycles. The minimum atomic E-state index is -0.596. The van der Waals surface area contributed by atoms with Gasteiger partial charge in [-0.3, -0.25) is 14.9 Å². The molecule has 1 N–H and O–H groups in total. The highest BCUT2D eigenvalue weighted by Gasteiger charge is 2.37. The molecule has 0 bridgehead atoms. The van der Waals surface area contributed by atoms with Crippen molar-refractivity contribution >= 4 is 23.2 Å². The van der Waals surface area contributed by atoms with E-state index in [1.54, 1.807) is 0 Å². The molecule has 1 aliphatic carbocycles. The first-order valence-electron chi connectivity index (χ1n) is 5.64. The molecule has 18 heavy (non-hydrogen) atoms. The van der Waals surface area contributed by atoms with Crippen LogP contribution in [0.5, 0.6) is 0 Å². The summed E-state index contributed by atoms with van der Waals surface area (Å²) in [7, 11) is 0. The van der Waals surface area contributed by atoms with E-state index >= 15 is 0 Å². The fraction of sp³-hybridized carbons (Fsp3) is 0.417. The second-order valence-electron chi connectivity index (χ2n) is 4.89. The highest BCUT2D eigenvalue weighted by molar-refractivity contribution is 6.35. The van der Waals surface area contributed by atoms with Gasteiger partial charge in [0.1, 0.15) is 5.02 Å². The number of hydrogen-bond donors (Lipinski definition) is 1. The number of halogens is 1. The molecule has 0 radical (unpaired) electrons. The maximum absolute atomic E-state index is 11.9. The van der Waals surface area contributed by atoms with Gasteiger partial charge in [-0.2, -0.15) is 0 Å². The molecule has 0 aliphatic heterocycles. The van der Waals surface area contributed by atoms with E-state index in [9.17, 15) is 14.9 Å². The Morgan fingerprint density at radius 2 is 2.22 bits per heavy atom. The predicted octanol–water partition coefficient (Wildman–Crippen LogP) is 2.78. The van der Waals surface area contributed by atoms with E-state index in [0.717, 1.165) is 12.8 Å². The number of nitrogens with one attached hydrogen (secondary N) is 1. The van der Waals surface area contributed by atoms with Crippen molar-refractivity contribution in [1.82, 2.24) is 5.32 Å². The third kappa shape index (κ3) is 2.61. The molecule has 1 aromatic carbocycles. The molecule has 1 amide bonds. The smallest absolute Gasteiger partial charge is 0.288 e. The van der Waals surface area contributed by atoms with E-state index in [-0.39, 0.29) is 27.6 Å². The lowest BCUT2D eigenvalue weighted by atomic mass is 10.1. The minimum absolute atomic E-state index is 0.110. The lowest BCUT2D eigenvalue weighted by Gasteiger charge is -2.10. The Morgan fingerprint density at radius 1 is 1.56 bits per heavy atom. The van der Waals surface area contributed by atoms with Gasteiger partial charge in [0.2, 0.25) is 0 Å². The molecule has 0 spiro atoms. The van der Waals surface area contributed by atoms with Gasteiger partial charge < -0.3 is 5.32 Å². The van der Waals surface area contributed by atoms with E-state index in [0.29, 0.717) is 6.54 Å². The average molecular weight is 269 g/mol. The zero-order valence-electron chi connectivity index (χ0n) is 9.90. The number of benzene rings is 1. The van der Waals surface area contributed by atoms with Crippen LogP contribution in [0.2, 0.25) is 5.02 Å². The van der Waals surface area contributed by atoms with Crippen LogP contribution in [-0.2, 0) is 0 Å². The quantitative estimate of drug-likeness (QED) is 0.674. The summed E-state index contributed by atoms with van der Waals surface area (Å²) < 4.78 is 0. The lowest BCUT2D eigenvalue weighted by Crippen LogP contribution is -2.29. The summed E-state index contributed by atoms with van der Waals surface area (Å²) in [6.07, 6.45) is 2.19. The zero-order chi connectivity index (χ0) is 13.3. The Bertz CT molecular complexity index is 512. The van der Waals surface area contributed by atoms with Crippen LogP contribution in [0.25, 0.3) is 0 Å². The van der Waals surface area contributed by atoms with Gasteiger partial charge in [-0.05, 0) is 24.3 Å². The van der Waals surface area contributed by atoms with Crippen LogP contribution < -0.4 is 5.32 Å². The maximum atomic E-state index is 11.9. The van der Waals surface area contributed by atoms with Crippen molar-refractivity contribution in [2.24, 2.45) is 5.41 Å². The zero-order valence-corrected chi connectivity index (χ0v) is 10.7. The number of nitro groups is 1. The second-order valence-corrected chi connectivity index (χ2v) is 5.27. The first-order valence-corrected chi connectivity index (χ1v) is 6.02. The van der Waals surface area contributed by atoms with Crippen molar-refractivity contribution in [3.05, 3.63) is 38.9 Å². The Balaban J connectivity index is 2.14. The largest absolute Gasteiger partial charge is 0.351 e. The van der Waals surface area contributed by atoms with E-state index < -0.39 is 4.92 Å². The average Bonchev–Trinajstić information content (AvgIpc) is 3.05. The van der Waals surface area contributed by atoms with Crippen LogP contribution in [0.3, 0.4) is 0 Å². The molecule has 6 heteroatoms. The van der Waals surface area contributed by atoms with E-state index in [1.807, 2.05) is 0 Å². The molecule has 0 atom stereocenters. The summed E-state index contributed by atoms with van der Waals surface area (Å²) in [5.41, 5.74) is 0.0834. The number of nitrogens with zero attached hydrogens (tertiary/aromatic N) is 1. The third-order valence-electron chi connectivity index (χ3n) is 3.20. The van der Waals surface area contributed by atoms with Crippen molar-refractivity contribution in [3.63, 3.8) is 0 Å². The van der Waals surface area contributed by atoms with Crippen LogP contribution in [0, 0.1) is 15.5 Å². The molecule has 1 aromatic rings. The number of rotatable bonds is 4. The Hall–Kier alpha value is -1.62. The van der Waals surface area contributed by atoms with E-state index in [2.05, 4.69) is 12.2 Å². The van der Waals surface area contributed by atoms with Crippen LogP contribution in [0.1, 0.15) is 30.1 Å². The van der Waals surface area contributed by atoms with Gasteiger partial charge in [-0.1, -0.05) is 24.6 Å². The van der Waals surface area contributed by atoms with Gasteiger partial charge in [0.05, 0.1) is 10.5 Å². The van der Waals surface area contributed by atoms with E-state index in [4.69, 9.17) is 11.6 Å². The van der Waals surface area contributed by atoms with Gasteiger partial charge in [0.15, 0.2) is 0 Å². The van der Waals surface area contributed by atoms with Crippen molar-refractivity contribution in [1.29, 1.82) is 0 Å². The fourth-order valence-electron chi connectivity index (χ4n) is 1.62. The summed E-state index contributed by atoms with van der Waals surface area (Å²) in [5.74, 6) is -0.364. The fourth-order valence-corrected chi connectivity index (χ4v) is 1.90. The molecule has 2 rings (SSSR count). The van der Waals surface area contributed by atoms with Crippen molar-refractivity contribution in [2.75, 3.05) is 6.54 Å². The number of hydrogen-bond acceptors (Lipinski definition) is 3. The summed E-state index contributed by atoms with van der Waals surface area (Å²) in [6, 6.07) is 4.22. The summed E-state index contributed by atoms with van der Waals surface area (Å²) >= 11 is 5.86. The molecule has 0 unspecified atom stereocenters. The summed E-state index contributed by atoms with van der Waals surface area (Å²) in [6.45, 7) is 2.66. The van der Waals surface area contributed by atoms with Crippen LogP contribution in [-0.4, -0.2) is 17.4 Å². The molecular weight excluding hydrogens is 256 g/mol. The standard InChI is InChI=1S/C12H13ClN2O3/c1-12(5-6-12)7-14-11(16)8-3-2-4-9(10(8)13)15(17)18/h2-4H,5-7H2,1H3,(H,14,16). The number of carbonyl (C=O) groups is 1. The molecule has 5 nitrogen and oxygen atoms in total. The van der Waals surface area contributed by atoms with Gasteiger partial charge in [0, 0.05) is 12.6 Å². The SMILES string of the molecule is CC1(CNC(=O)c2cccc([N+](=O)[O-])c2Cl)CC1. The number of carbonyl (C=O) groups excluding carboxylic acids is 1. The minimum Gasteiger partial charge on any atom is -0.351 e. The lowest BCUT2D eigenvalue weighted by molar-refractivity contribution is -0.384. The van der Waals surface area contributed by atoms with Gasteiger partial charge >= 0.3 is 0 Å². The second kappa shape index (κ2) is 4.57. The predicted molar refractivity (Wildman–Crippen MR) is 67.8 cm³/mol. The molecule has 0 saturated heterocycles. The molecule has 1 aliphatic rings. The summed E-state index contributed by atoms with van der Waals surface area (Å²) in [5, 5.41) is 13.4. The maximum Gasteiger partial charge on any atom is 0.288 e. The number of nitro benzene ring substituents is 1. The van der Waals surface area contributed by atoms with Gasteiger partial charge in [-0.15, -0.1) is 0 Å². The van der Waals surface area contributed by atoms with E-state index in [1.165, 1.54) is 18.2 Å². The highest BCUT2D eigenvalue weighted by Crippen LogP contribution is 2.44. The van der Waals surface area contributed by atoms with Crippen LogP contribution in [0.4, 0.5) is 5.69 Å². The highest BCUT2D eigenvalue weighted by atomic mass is 35.5. The molecule has 0 heterocycles. The molecular formula is C12H13ClN2O3. The van der Waals surface area contributed by atoms with Crippen LogP contribution in [0.15, 0.2) is 18.2 Å². The summed E-state index contributed by atoms with van der Waals surface area (Å²) in [4.78, 5) is 22.0. The molecule has 0 aromatic heterocycles. The molecule has 96 valence electrons. The number of amides is 1. The van der Waals surface area contributed by atoms with Crippen molar-refractivity contribution < 1.29 is 9.72 Å².